The van der Waals surface area contributed by atoms with Gasteiger partial charge in [0.1, 0.15) is 36.6 Å². The van der Waals surface area contributed by atoms with Gasteiger partial charge in [-0.3, -0.25) is 4.79 Å². The fourth-order valence-electron chi connectivity index (χ4n) is 12.4. The van der Waals surface area contributed by atoms with E-state index < -0.39 is 74.2 Å². The van der Waals surface area contributed by atoms with Gasteiger partial charge in [-0.25, -0.2) is 0 Å². The zero-order chi connectivity index (χ0) is 64.6. The second-order valence-corrected chi connectivity index (χ2v) is 27.0. The molecule has 0 radical (unpaired) electrons. The Bertz CT molecular complexity index is 1590. The molecule has 1 aliphatic heterocycles. The van der Waals surface area contributed by atoms with Gasteiger partial charge in [-0.05, 0) is 89.9 Å². The van der Waals surface area contributed by atoms with Gasteiger partial charge >= 0.3 is 0 Å². The molecule has 11 heteroatoms. The molecule has 1 heterocycles. The summed E-state index contributed by atoms with van der Waals surface area (Å²) in [5.41, 5.74) is 0. The molecule has 0 spiro atoms. The molecule has 1 aliphatic rings. The summed E-state index contributed by atoms with van der Waals surface area (Å²) in [6.07, 6.45) is 76.5. The second-order valence-electron chi connectivity index (χ2n) is 27.0. The Morgan fingerprint density at radius 3 is 1.00 bits per heavy atom. The molecule has 0 aromatic heterocycles. The van der Waals surface area contributed by atoms with E-state index in [1.165, 1.54) is 283 Å². The van der Waals surface area contributed by atoms with Crippen molar-refractivity contribution in [2.45, 2.75) is 428 Å². The Hall–Kier alpha value is -1.93. The lowest BCUT2D eigenvalue weighted by atomic mass is 9.98. The molecule has 0 aliphatic carbocycles. The number of carbonyl (C=O) groups excluding carboxylic acids is 1. The van der Waals surface area contributed by atoms with E-state index >= 15 is 0 Å². The largest absolute Gasteiger partial charge is 0.394 e. The minimum atomic E-state index is -1.68. The molecule has 0 saturated carbocycles. The summed E-state index contributed by atoms with van der Waals surface area (Å²) in [4.78, 5) is 13.3. The number of hydrogen-bond acceptors (Lipinski definition) is 10. The van der Waals surface area contributed by atoms with Gasteiger partial charge in [0.2, 0.25) is 5.91 Å². The summed E-state index contributed by atoms with van der Waals surface area (Å²) in [7, 11) is 0. The molecule has 89 heavy (non-hydrogen) atoms. The van der Waals surface area contributed by atoms with Crippen LogP contribution in [-0.4, -0.2) is 110 Å². The topological polar surface area (TPSA) is 189 Å². The number of hydrogen-bond donors (Lipinski definition) is 8. The highest BCUT2D eigenvalue weighted by Gasteiger charge is 2.44. The van der Waals surface area contributed by atoms with Crippen molar-refractivity contribution < 1.29 is 50.0 Å². The molecule has 0 aromatic carbocycles. The lowest BCUT2D eigenvalue weighted by Gasteiger charge is -2.40. The van der Waals surface area contributed by atoms with Gasteiger partial charge in [-0.15, -0.1) is 0 Å². The molecule has 1 saturated heterocycles. The van der Waals surface area contributed by atoms with Crippen LogP contribution in [0.3, 0.4) is 0 Å². The van der Waals surface area contributed by atoms with Crippen LogP contribution in [0.25, 0.3) is 0 Å². The van der Waals surface area contributed by atoms with E-state index in [0.29, 0.717) is 19.3 Å². The average Bonchev–Trinajstić information content (AvgIpc) is 3.50. The maximum Gasteiger partial charge on any atom is 0.249 e. The van der Waals surface area contributed by atoms with Crippen LogP contribution in [0.4, 0.5) is 0 Å². The van der Waals surface area contributed by atoms with Crippen LogP contribution in [0, 0.1) is 0 Å². The van der Waals surface area contributed by atoms with Crippen molar-refractivity contribution in [2.24, 2.45) is 0 Å². The zero-order valence-corrected chi connectivity index (χ0v) is 58.2. The predicted molar refractivity (Wildman–Crippen MR) is 376 cm³/mol. The maximum absolute atomic E-state index is 13.3. The second kappa shape index (κ2) is 66.1. The normalized spacial score (nSPS) is 18.8. The van der Waals surface area contributed by atoms with Gasteiger partial charge in [0.05, 0.1) is 25.4 Å². The highest BCUT2D eigenvalue weighted by molar-refractivity contribution is 5.80. The smallest absolute Gasteiger partial charge is 0.249 e. The third-order valence-corrected chi connectivity index (χ3v) is 18.6. The molecule has 0 aromatic rings. The number of ether oxygens (including phenoxy) is 2. The Balaban J connectivity index is 2.19. The van der Waals surface area contributed by atoms with Crippen molar-refractivity contribution in [3.05, 3.63) is 48.6 Å². The number of aliphatic hydroxyl groups excluding tert-OH is 7. The van der Waals surface area contributed by atoms with Crippen molar-refractivity contribution in [3.8, 4) is 0 Å². The van der Waals surface area contributed by atoms with Crippen molar-refractivity contribution in [1.82, 2.24) is 5.32 Å². The van der Waals surface area contributed by atoms with Gasteiger partial charge in [0.25, 0.3) is 0 Å². The van der Waals surface area contributed by atoms with Crippen LogP contribution in [0.2, 0.25) is 0 Å². The van der Waals surface area contributed by atoms with Crippen LogP contribution < -0.4 is 5.32 Å². The lowest BCUT2D eigenvalue weighted by Crippen LogP contribution is -2.60. The highest BCUT2D eigenvalue weighted by atomic mass is 16.7. The SMILES string of the molecule is CCCCCCCCCCCCCC/C=C\CCCCCCCCCCCCCCCCCC(O)C(=O)NC(COC1OC(CO)C(O)C(O)C1O)C(O)C(O)CCC/C=C/CC/C=C/CC/C=C/CCCCCCCCCCCCCCCCCCCC. The van der Waals surface area contributed by atoms with E-state index in [1.807, 2.05) is 0 Å². The maximum atomic E-state index is 13.3. The number of nitrogens with one attached hydrogen (secondary N) is 1. The molecule has 8 N–H and O–H groups in total. The van der Waals surface area contributed by atoms with Crippen LogP contribution >= 0.6 is 0 Å². The van der Waals surface area contributed by atoms with Gasteiger partial charge in [-0.2, -0.15) is 0 Å². The summed E-state index contributed by atoms with van der Waals surface area (Å²) in [5.74, 6) is -0.707. The monoisotopic (exact) mass is 1260 g/mol. The fourth-order valence-corrected chi connectivity index (χ4v) is 12.4. The molecule has 0 bridgehead atoms. The molecule has 9 atom stereocenters. The van der Waals surface area contributed by atoms with Crippen LogP contribution in [0.5, 0.6) is 0 Å². The Morgan fingerprint density at radius 1 is 0.382 bits per heavy atom. The molecular weight excluding hydrogens is 1110 g/mol. The van der Waals surface area contributed by atoms with Crippen molar-refractivity contribution >= 4 is 5.91 Å². The van der Waals surface area contributed by atoms with Gasteiger partial charge in [0, 0.05) is 0 Å². The molecular formula is C78H147NO10. The summed E-state index contributed by atoms with van der Waals surface area (Å²) in [6, 6.07) is -1.20. The number of aliphatic hydroxyl groups is 7. The van der Waals surface area contributed by atoms with Gasteiger partial charge < -0.3 is 50.5 Å². The lowest BCUT2D eigenvalue weighted by molar-refractivity contribution is -0.303. The number of unbranched alkanes of at least 4 members (excludes halogenated alkanes) is 48. The van der Waals surface area contributed by atoms with E-state index in [2.05, 4.69) is 67.8 Å². The van der Waals surface area contributed by atoms with E-state index in [1.54, 1.807) is 0 Å². The predicted octanol–water partition coefficient (Wildman–Crippen LogP) is 19.5. The standard InChI is InChI=1S/C78H147NO10/c1-3-5-7-9-11-13-15-17-19-21-23-25-27-29-31-33-35-37-39-41-43-45-47-49-51-53-55-57-59-61-63-65-70(81)73(83)69(68-88-78-76(86)75(85)74(84)72(67-80)89-78)79-77(87)71(82)66-64-62-60-58-56-54-52-50-48-46-44-42-40-38-36-34-32-30-28-26-24-22-20-18-16-14-12-10-8-6-4-2/h30,32,41,43,49,51,57,59,69-76,78,80-86H,3-29,31,33-40,42,44-48,50,52-56,58,60-68H2,1-2H3,(H,79,87)/b32-30-,43-41+,51-49+,59-57+. The van der Waals surface area contributed by atoms with E-state index in [0.717, 1.165) is 44.9 Å². The molecule has 11 nitrogen and oxygen atoms in total. The average molecular weight is 1260 g/mol. The zero-order valence-electron chi connectivity index (χ0n) is 58.2. The Kier molecular flexibility index (Phi) is 63.2. The summed E-state index contributed by atoms with van der Waals surface area (Å²) >= 11 is 0. The third-order valence-electron chi connectivity index (χ3n) is 18.6. The molecule has 9 unspecified atom stereocenters. The number of amides is 1. The molecule has 1 fully saturated rings. The molecule has 1 amide bonds. The Labute approximate surface area is 549 Å². The van der Waals surface area contributed by atoms with Gasteiger partial charge in [0.15, 0.2) is 6.29 Å². The van der Waals surface area contributed by atoms with Crippen molar-refractivity contribution in [2.75, 3.05) is 13.2 Å². The molecule has 524 valence electrons. The first-order valence-electron chi connectivity index (χ1n) is 38.5. The van der Waals surface area contributed by atoms with E-state index in [4.69, 9.17) is 9.47 Å². The molecule has 1 rings (SSSR count). The third kappa shape index (κ3) is 53.1. The van der Waals surface area contributed by atoms with E-state index in [9.17, 15) is 40.5 Å². The number of allylic oxidation sites excluding steroid dienone is 8. The summed E-state index contributed by atoms with van der Waals surface area (Å²) in [5, 5.41) is 76.6. The first-order chi connectivity index (χ1) is 43.7. The van der Waals surface area contributed by atoms with E-state index in [-0.39, 0.29) is 12.8 Å². The van der Waals surface area contributed by atoms with Crippen LogP contribution in [0.15, 0.2) is 48.6 Å². The number of carbonyl (C=O) groups is 1. The minimum absolute atomic E-state index is 0.242. The van der Waals surface area contributed by atoms with Crippen LogP contribution in [-0.2, 0) is 14.3 Å². The number of rotatable bonds is 68. The quantitative estimate of drug-likeness (QED) is 0.0215. The minimum Gasteiger partial charge on any atom is -0.394 e. The van der Waals surface area contributed by atoms with Crippen molar-refractivity contribution in [1.29, 1.82) is 0 Å². The fraction of sp³-hybridized carbons (Fsp3) is 0.885. The summed E-state index contributed by atoms with van der Waals surface area (Å²) in [6.45, 7) is 3.50. The Morgan fingerprint density at radius 2 is 0.674 bits per heavy atom. The highest BCUT2D eigenvalue weighted by Crippen LogP contribution is 2.24. The first-order valence-corrected chi connectivity index (χ1v) is 38.5. The summed E-state index contributed by atoms with van der Waals surface area (Å²) < 4.78 is 11.2. The van der Waals surface area contributed by atoms with Crippen molar-refractivity contribution in [3.63, 3.8) is 0 Å². The van der Waals surface area contributed by atoms with Gasteiger partial charge in [-0.1, -0.05) is 332 Å². The first kappa shape index (κ1) is 85.1. The van der Waals surface area contributed by atoms with Crippen LogP contribution in [0.1, 0.15) is 373 Å².